The summed E-state index contributed by atoms with van der Waals surface area (Å²) in [6.45, 7) is 2.13. The molecule has 4 heteroatoms. The molecule has 1 aromatic carbocycles. The predicted octanol–water partition coefficient (Wildman–Crippen LogP) is 3.86. The Morgan fingerprint density at radius 3 is 3.06 bits per heavy atom. The van der Waals surface area contributed by atoms with Gasteiger partial charge in [-0.1, -0.05) is 6.07 Å². The fourth-order valence-electron chi connectivity index (χ4n) is 1.91. The van der Waals surface area contributed by atoms with Crippen LogP contribution in [-0.2, 0) is 0 Å². The molecule has 0 spiro atoms. The quantitative estimate of drug-likeness (QED) is 0.772. The molecule has 0 bridgehead atoms. The zero-order chi connectivity index (χ0) is 12.4. The second-order valence-corrected chi connectivity index (χ2v) is 5.07. The molecule has 1 N–H and O–H groups in total. The van der Waals surface area contributed by atoms with Crippen LogP contribution in [0.1, 0.15) is 18.5 Å². The summed E-state index contributed by atoms with van der Waals surface area (Å²) >= 11 is 1.66. The summed E-state index contributed by atoms with van der Waals surface area (Å²) in [6, 6.07) is 10.5. The molecule has 3 aromatic rings. The second kappa shape index (κ2) is 4.74. The summed E-state index contributed by atoms with van der Waals surface area (Å²) in [6.07, 6.45) is 3.68. The number of aromatic nitrogens is 2. The topological polar surface area (TPSA) is 37.8 Å². The molecule has 0 fully saturated rings. The highest BCUT2D eigenvalue weighted by Gasteiger charge is 2.06. The van der Waals surface area contributed by atoms with Crippen LogP contribution in [0.15, 0.2) is 48.2 Å². The smallest absolute Gasteiger partial charge is 0.0813 e. The molecule has 3 rings (SSSR count). The third kappa shape index (κ3) is 2.19. The van der Waals surface area contributed by atoms with Crippen LogP contribution < -0.4 is 5.32 Å². The highest BCUT2D eigenvalue weighted by Crippen LogP contribution is 2.24. The first kappa shape index (κ1) is 11.2. The SMILES string of the molecule is CC(Nc1ccc2ncsc2c1)c1cccnc1. The van der Waals surface area contributed by atoms with Gasteiger partial charge in [-0.2, -0.15) is 0 Å². The van der Waals surface area contributed by atoms with E-state index in [1.54, 1.807) is 17.5 Å². The van der Waals surface area contributed by atoms with Gasteiger partial charge in [-0.05, 0) is 36.8 Å². The Kier molecular flexibility index (Phi) is 2.94. The van der Waals surface area contributed by atoms with Gasteiger partial charge in [-0.25, -0.2) is 4.98 Å². The van der Waals surface area contributed by atoms with Gasteiger partial charge in [0.2, 0.25) is 0 Å². The summed E-state index contributed by atoms with van der Waals surface area (Å²) in [7, 11) is 0. The molecule has 18 heavy (non-hydrogen) atoms. The molecular formula is C14H13N3S. The van der Waals surface area contributed by atoms with Crippen molar-refractivity contribution in [2.45, 2.75) is 13.0 Å². The number of nitrogens with zero attached hydrogens (tertiary/aromatic N) is 2. The maximum Gasteiger partial charge on any atom is 0.0813 e. The molecule has 0 aliphatic heterocycles. The monoisotopic (exact) mass is 255 g/mol. The minimum absolute atomic E-state index is 0.240. The summed E-state index contributed by atoms with van der Waals surface area (Å²) in [5, 5.41) is 3.48. The highest BCUT2D eigenvalue weighted by molar-refractivity contribution is 7.16. The molecule has 0 aliphatic carbocycles. The van der Waals surface area contributed by atoms with Crippen molar-refractivity contribution in [2.75, 3.05) is 5.32 Å². The molecule has 2 heterocycles. The average Bonchev–Trinajstić information content (AvgIpc) is 2.87. The van der Waals surface area contributed by atoms with Gasteiger partial charge in [-0.15, -0.1) is 11.3 Å². The lowest BCUT2D eigenvalue weighted by Crippen LogP contribution is -2.06. The van der Waals surface area contributed by atoms with Gasteiger partial charge in [0.05, 0.1) is 21.8 Å². The number of rotatable bonds is 3. The van der Waals surface area contributed by atoms with Crippen molar-refractivity contribution in [3.63, 3.8) is 0 Å². The van der Waals surface area contributed by atoms with Gasteiger partial charge in [0.25, 0.3) is 0 Å². The van der Waals surface area contributed by atoms with E-state index in [-0.39, 0.29) is 6.04 Å². The molecule has 0 saturated carbocycles. The number of fused-ring (bicyclic) bond motifs is 1. The van der Waals surface area contributed by atoms with E-state index < -0.39 is 0 Å². The normalized spacial score (nSPS) is 12.5. The van der Waals surface area contributed by atoms with Crippen molar-refractivity contribution in [1.82, 2.24) is 9.97 Å². The van der Waals surface area contributed by atoms with E-state index in [0.29, 0.717) is 0 Å². The lowest BCUT2D eigenvalue weighted by Gasteiger charge is -2.15. The van der Waals surface area contributed by atoms with E-state index in [1.165, 1.54) is 10.3 Å². The van der Waals surface area contributed by atoms with Crippen molar-refractivity contribution >= 4 is 27.2 Å². The van der Waals surface area contributed by atoms with Gasteiger partial charge >= 0.3 is 0 Å². The number of benzene rings is 1. The molecule has 0 amide bonds. The van der Waals surface area contributed by atoms with Crippen LogP contribution in [0.5, 0.6) is 0 Å². The predicted molar refractivity (Wildman–Crippen MR) is 75.9 cm³/mol. The van der Waals surface area contributed by atoms with E-state index in [2.05, 4.69) is 40.4 Å². The van der Waals surface area contributed by atoms with Crippen molar-refractivity contribution in [2.24, 2.45) is 0 Å². The van der Waals surface area contributed by atoms with Crippen molar-refractivity contribution < 1.29 is 0 Å². The number of hydrogen-bond donors (Lipinski definition) is 1. The van der Waals surface area contributed by atoms with Crippen LogP contribution in [0.3, 0.4) is 0 Å². The van der Waals surface area contributed by atoms with E-state index in [1.807, 2.05) is 23.8 Å². The molecule has 2 aromatic heterocycles. The van der Waals surface area contributed by atoms with Crippen molar-refractivity contribution in [3.05, 3.63) is 53.8 Å². The van der Waals surface area contributed by atoms with Crippen LogP contribution in [0.25, 0.3) is 10.2 Å². The van der Waals surface area contributed by atoms with Gasteiger partial charge in [0.1, 0.15) is 0 Å². The largest absolute Gasteiger partial charge is 0.378 e. The minimum Gasteiger partial charge on any atom is -0.378 e. The third-order valence-corrected chi connectivity index (χ3v) is 3.69. The van der Waals surface area contributed by atoms with Crippen molar-refractivity contribution in [1.29, 1.82) is 0 Å². The Morgan fingerprint density at radius 1 is 1.28 bits per heavy atom. The molecule has 90 valence electrons. The summed E-state index contributed by atoms with van der Waals surface area (Å²) in [5.74, 6) is 0. The zero-order valence-corrected chi connectivity index (χ0v) is 10.8. The molecule has 1 unspecified atom stereocenters. The van der Waals surface area contributed by atoms with E-state index in [0.717, 1.165) is 11.2 Å². The Balaban J connectivity index is 1.83. The van der Waals surface area contributed by atoms with E-state index >= 15 is 0 Å². The number of nitrogens with one attached hydrogen (secondary N) is 1. The van der Waals surface area contributed by atoms with Crippen LogP contribution in [0, 0.1) is 0 Å². The number of hydrogen-bond acceptors (Lipinski definition) is 4. The third-order valence-electron chi connectivity index (χ3n) is 2.90. The first-order chi connectivity index (χ1) is 8.83. The maximum atomic E-state index is 4.28. The zero-order valence-electron chi connectivity index (χ0n) is 10.00. The standard InChI is InChI=1S/C14H13N3S/c1-10(11-3-2-6-15-8-11)17-12-4-5-13-14(7-12)18-9-16-13/h2-10,17H,1H3. The Bertz CT molecular complexity index is 648. The van der Waals surface area contributed by atoms with Crippen LogP contribution >= 0.6 is 11.3 Å². The summed E-state index contributed by atoms with van der Waals surface area (Å²) in [4.78, 5) is 8.42. The van der Waals surface area contributed by atoms with E-state index in [4.69, 9.17) is 0 Å². The Morgan fingerprint density at radius 2 is 2.22 bits per heavy atom. The fourth-order valence-corrected chi connectivity index (χ4v) is 2.63. The molecule has 0 saturated heterocycles. The van der Waals surface area contributed by atoms with Crippen LogP contribution in [0.2, 0.25) is 0 Å². The molecule has 0 aliphatic rings. The lowest BCUT2D eigenvalue weighted by molar-refractivity contribution is 0.876. The van der Waals surface area contributed by atoms with E-state index in [9.17, 15) is 0 Å². The van der Waals surface area contributed by atoms with Gasteiger partial charge in [0.15, 0.2) is 0 Å². The van der Waals surface area contributed by atoms with Gasteiger partial charge in [0, 0.05) is 18.1 Å². The highest BCUT2D eigenvalue weighted by atomic mass is 32.1. The molecular weight excluding hydrogens is 242 g/mol. The fraction of sp³-hybridized carbons (Fsp3) is 0.143. The first-order valence-electron chi connectivity index (χ1n) is 5.82. The maximum absolute atomic E-state index is 4.28. The first-order valence-corrected chi connectivity index (χ1v) is 6.70. The van der Waals surface area contributed by atoms with Crippen molar-refractivity contribution in [3.8, 4) is 0 Å². The summed E-state index contributed by atoms with van der Waals surface area (Å²) < 4.78 is 1.21. The van der Waals surface area contributed by atoms with Gasteiger partial charge in [-0.3, -0.25) is 4.98 Å². The molecule has 3 nitrogen and oxygen atoms in total. The number of thiazole rings is 1. The van der Waals surface area contributed by atoms with Crippen LogP contribution in [0.4, 0.5) is 5.69 Å². The van der Waals surface area contributed by atoms with Crippen LogP contribution in [-0.4, -0.2) is 9.97 Å². The summed E-state index contributed by atoms with van der Waals surface area (Å²) in [5.41, 5.74) is 5.23. The molecule has 1 atom stereocenters. The number of anilines is 1. The Labute approximate surface area is 110 Å². The average molecular weight is 255 g/mol. The minimum atomic E-state index is 0.240. The van der Waals surface area contributed by atoms with Gasteiger partial charge < -0.3 is 5.32 Å². The number of pyridine rings is 1. The second-order valence-electron chi connectivity index (χ2n) is 4.19. The molecule has 0 radical (unpaired) electrons. The lowest BCUT2D eigenvalue weighted by atomic mass is 10.1. The Hall–Kier alpha value is -1.94.